The van der Waals surface area contributed by atoms with Gasteiger partial charge in [0, 0.05) is 25.0 Å². The molecule has 1 aliphatic rings. The van der Waals surface area contributed by atoms with Crippen LogP contribution < -0.4 is 0 Å². The monoisotopic (exact) mass is 185 g/mol. The van der Waals surface area contributed by atoms with Gasteiger partial charge in [-0.3, -0.25) is 4.90 Å². The average Bonchev–Trinajstić information content (AvgIpc) is 2.29. The van der Waals surface area contributed by atoms with Gasteiger partial charge in [0.2, 0.25) is 0 Å². The van der Waals surface area contributed by atoms with Crippen LogP contribution in [-0.2, 0) is 4.79 Å². The second-order valence-electron chi connectivity index (χ2n) is 5.06. The van der Waals surface area contributed by atoms with Gasteiger partial charge < -0.3 is 9.90 Å². The fraction of sp³-hybridized carbons (Fsp3) is 0.900. The Morgan fingerprint density at radius 2 is 2.23 bits per heavy atom. The molecule has 3 nitrogen and oxygen atoms in total. The molecule has 0 radical (unpaired) electrons. The first-order valence-corrected chi connectivity index (χ1v) is 4.76. The highest BCUT2D eigenvalue weighted by atomic mass is 16.3. The third kappa shape index (κ3) is 3.08. The largest absolute Gasteiger partial charge is 0.389 e. The van der Waals surface area contributed by atoms with E-state index in [-0.39, 0.29) is 5.41 Å². The number of aldehydes is 1. The lowest BCUT2D eigenvalue weighted by Gasteiger charge is -2.25. The van der Waals surface area contributed by atoms with Crippen molar-refractivity contribution in [3.8, 4) is 0 Å². The molecule has 1 N–H and O–H groups in total. The Bertz CT molecular complexity index is 199. The number of likely N-dealkylation sites (tertiary alicyclic amines) is 1. The number of hydrogen-bond acceptors (Lipinski definition) is 3. The van der Waals surface area contributed by atoms with Crippen LogP contribution in [0.1, 0.15) is 27.2 Å². The number of carbonyl (C=O) groups is 1. The molecule has 0 aliphatic carbocycles. The fourth-order valence-electron chi connectivity index (χ4n) is 1.79. The maximum atomic E-state index is 10.7. The maximum absolute atomic E-state index is 10.7. The van der Waals surface area contributed by atoms with Crippen LogP contribution in [0.4, 0.5) is 0 Å². The van der Waals surface area contributed by atoms with E-state index in [1.54, 1.807) is 0 Å². The topological polar surface area (TPSA) is 40.5 Å². The molecule has 3 heteroatoms. The van der Waals surface area contributed by atoms with Crippen LogP contribution in [-0.4, -0.2) is 41.5 Å². The van der Waals surface area contributed by atoms with E-state index in [0.717, 1.165) is 25.8 Å². The molecular formula is C10H19NO2. The minimum Gasteiger partial charge on any atom is -0.389 e. The summed E-state index contributed by atoms with van der Waals surface area (Å²) in [5.41, 5.74) is -0.848. The van der Waals surface area contributed by atoms with Crippen LogP contribution in [0.3, 0.4) is 0 Å². The Balaban J connectivity index is 2.45. The molecule has 0 aromatic carbocycles. The van der Waals surface area contributed by atoms with E-state index in [1.165, 1.54) is 0 Å². The van der Waals surface area contributed by atoms with Crippen molar-refractivity contribution in [2.75, 3.05) is 19.6 Å². The lowest BCUT2D eigenvalue weighted by molar-refractivity contribution is -0.115. The SMILES string of the molecule is CC(C)(C=O)CN1CCC(C)(O)C1. The molecule has 13 heavy (non-hydrogen) atoms. The second-order valence-corrected chi connectivity index (χ2v) is 5.06. The molecule has 1 aliphatic heterocycles. The summed E-state index contributed by atoms with van der Waals surface area (Å²) < 4.78 is 0. The zero-order chi connectivity index (χ0) is 10.1. The third-order valence-electron chi connectivity index (χ3n) is 2.48. The van der Waals surface area contributed by atoms with Gasteiger partial charge >= 0.3 is 0 Å². The van der Waals surface area contributed by atoms with Gasteiger partial charge in [0.15, 0.2) is 0 Å². The molecular weight excluding hydrogens is 166 g/mol. The highest BCUT2D eigenvalue weighted by molar-refractivity contribution is 5.58. The van der Waals surface area contributed by atoms with Crippen molar-refractivity contribution in [3.05, 3.63) is 0 Å². The van der Waals surface area contributed by atoms with Crippen molar-refractivity contribution < 1.29 is 9.90 Å². The smallest absolute Gasteiger partial charge is 0.126 e. The summed E-state index contributed by atoms with van der Waals surface area (Å²) in [5, 5.41) is 9.70. The normalized spacial score (nSPS) is 30.8. The van der Waals surface area contributed by atoms with Gasteiger partial charge in [-0.2, -0.15) is 0 Å². The minimum absolute atomic E-state index is 0.291. The van der Waals surface area contributed by atoms with Gasteiger partial charge in [-0.25, -0.2) is 0 Å². The third-order valence-corrected chi connectivity index (χ3v) is 2.48. The van der Waals surface area contributed by atoms with Crippen LogP contribution in [0.15, 0.2) is 0 Å². The van der Waals surface area contributed by atoms with Gasteiger partial charge in [0.25, 0.3) is 0 Å². The summed E-state index contributed by atoms with van der Waals surface area (Å²) >= 11 is 0. The Labute approximate surface area is 79.7 Å². The van der Waals surface area contributed by atoms with E-state index in [2.05, 4.69) is 4.90 Å². The van der Waals surface area contributed by atoms with Crippen LogP contribution in [0.2, 0.25) is 0 Å². The molecule has 1 unspecified atom stereocenters. The molecule has 1 saturated heterocycles. The van der Waals surface area contributed by atoms with Crippen LogP contribution >= 0.6 is 0 Å². The van der Waals surface area contributed by atoms with Gasteiger partial charge in [0.05, 0.1) is 5.60 Å². The summed E-state index contributed by atoms with van der Waals surface area (Å²) in [4.78, 5) is 12.8. The highest BCUT2D eigenvalue weighted by Crippen LogP contribution is 2.23. The first-order valence-electron chi connectivity index (χ1n) is 4.76. The van der Waals surface area contributed by atoms with E-state index in [4.69, 9.17) is 0 Å². The predicted octanol–water partition coefficient (Wildman–Crippen LogP) is 0.668. The number of aliphatic hydroxyl groups is 1. The molecule has 1 atom stereocenters. The molecule has 76 valence electrons. The van der Waals surface area contributed by atoms with Crippen LogP contribution in [0.5, 0.6) is 0 Å². The Kier molecular flexibility index (Phi) is 2.78. The average molecular weight is 185 g/mol. The van der Waals surface area contributed by atoms with Crippen molar-refractivity contribution in [2.24, 2.45) is 5.41 Å². The van der Waals surface area contributed by atoms with Crippen LogP contribution in [0.25, 0.3) is 0 Å². The Morgan fingerprint density at radius 3 is 2.62 bits per heavy atom. The standard InChI is InChI=1S/C10H19NO2/c1-9(2,8-12)6-11-5-4-10(3,13)7-11/h8,13H,4-7H2,1-3H3. The molecule has 1 rings (SSSR count). The lowest BCUT2D eigenvalue weighted by atomic mass is 9.95. The quantitative estimate of drug-likeness (QED) is 0.657. The zero-order valence-electron chi connectivity index (χ0n) is 8.71. The number of nitrogens with zero attached hydrogens (tertiary/aromatic N) is 1. The minimum atomic E-state index is -0.557. The maximum Gasteiger partial charge on any atom is 0.126 e. The molecule has 0 spiro atoms. The van der Waals surface area contributed by atoms with E-state index >= 15 is 0 Å². The molecule has 0 aromatic heterocycles. The van der Waals surface area contributed by atoms with Gasteiger partial charge in [-0.15, -0.1) is 0 Å². The number of rotatable bonds is 3. The lowest BCUT2D eigenvalue weighted by Crippen LogP contribution is -2.36. The van der Waals surface area contributed by atoms with Crippen molar-refractivity contribution in [3.63, 3.8) is 0 Å². The van der Waals surface area contributed by atoms with Crippen molar-refractivity contribution in [2.45, 2.75) is 32.8 Å². The summed E-state index contributed by atoms with van der Waals surface area (Å²) in [7, 11) is 0. The first-order chi connectivity index (χ1) is 5.85. The van der Waals surface area contributed by atoms with E-state index in [0.29, 0.717) is 6.54 Å². The second kappa shape index (κ2) is 3.39. The molecule has 0 aromatic rings. The molecule has 0 bridgehead atoms. The van der Waals surface area contributed by atoms with Gasteiger partial charge in [0.1, 0.15) is 6.29 Å². The summed E-state index contributed by atoms with van der Waals surface area (Å²) in [6.07, 6.45) is 1.79. The Morgan fingerprint density at radius 1 is 1.62 bits per heavy atom. The Hall–Kier alpha value is -0.410. The van der Waals surface area contributed by atoms with Crippen molar-refractivity contribution in [1.82, 2.24) is 4.90 Å². The number of carbonyl (C=O) groups excluding carboxylic acids is 1. The molecule has 1 fully saturated rings. The van der Waals surface area contributed by atoms with Crippen molar-refractivity contribution in [1.29, 1.82) is 0 Å². The highest BCUT2D eigenvalue weighted by Gasteiger charge is 2.33. The van der Waals surface area contributed by atoms with Gasteiger partial charge in [-0.05, 0) is 13.3 Å². The number of hydrogen-bond donors (Lipinski definition) is 1. The van der Waals surface area contributed by atoms with E-state index in [1.807, 2.05) is 20.8 Å². The molecule has 0 saturated carbocycles. The zero-order valence-corrected chi connectivity index (χ0v) is 8.71. The van der Waals surface area contributed by atoms with Crippen LogP contribution in [0, 0.1) is 5.41 Å². The van der Waals surface area contributed by atoms with Gasteiger partial charge in [-0.1, -0.05) is 13.8 Å². The van der Waals surface area contributed by atoms with E-state index < -0.39 is 5.60 Å². The predicted molar refractivity (Wildman–Crippen MR) is 51.5 cm³/mol. The summed E-state index contributed by atoms with van der Waals surface area (Å²) in [6.45, 7) is 8.02. The summed E-state index contributed by atoms with van der Waals surface area (Å²) in [6, 6.07) is 0. The fourth-order valence-corrected chi connectivity index (χ4v) is 1.79. The summed E-state index contributed by atoms with van der Waals surface area (Å²) in [5.74, 6) is 0. The molecule has 0 amide bonds. The van der Waals surface area contributed by atoms with Crippen molar-refractivity contribution >= 4 is 6.29 Å². The van der Waals surface area contributed by atoms with E-state index in [9.17, 15) is 9.90 Å². The number of β-amino-alcohol motifs (C(OH)–C–C–N with tert-alkyl or cyclic N) is 1. The first kappa shape index (κ1) is 10.7. The molecule has 1 heterocycles.